The summed E-state index contributed by atoms with van der Waals surface area (Å²) in [5.74, 6) is 1.07. The number of hydrogen-bond acceptors (Lipinski definition) is 3. The predicted molar refractivity (Wildman–Crippen MR) is 91.4 cm³/mol. The van der Waals surface area contributed by atoms with Gasteiger partial charge in [0.1, 0.15) is 11.4 Å². The van der Waals surface area contributed by atoms with E-state index in [-0.39, 0.29) is 5.60 Å². The van der Waals surface area contributed by atoms with Crippen LogP contribution >= 0.6 is 0 Å². The van der Waals surface area contributed by atoms with Crippen LogP contribution in [0.5, 0.6) is 5.75 Å². The van der Waals surface area contributed by atoms with Gasteiger partial charge in [-0.1, -0.05) is 12.1 Å². The molecule has 1 N–H and O–H groups in total. The van der Waals surface area contributed by atoms with Gasteiger partial charge < -0.3 is 15.0 Å². The van der Waals surface area contributed by atoms with Gasteiger partial charge in [0, 0.05) is 25.0 Å². The zero-order chi connectivity index (χ0) is 15.7. The maximum atomic E-state index is 5.95. The van der Waals surface area contributed by atoms with E-state index in [4.69, 9.17) is 4.74 Å². The zero-order valence-electron chi connectivity index (χ0n) is 14.5. The maximum Gasteiger partial charge on any atom is 0.123 e. The third-order valence-corrected chi connectivity index (χ3v) is 4.98. The Hall–Kier alpha value is -1.06. The van der Waals surface area contributed by atoms with Gasteiger partial charge in [-0.25, -0.2) is 0 Å². The number of piperidine rings is 1. The molecule has 122 valence electrons. The lowest BCUT2D eigenvalue weighted by atomic mass is 9.99. The van der Waals surface area contributed by atoms with Gasteiger partial charge in [0.05, 0.1) is 0 Å². The number of benzene rings is 1. The third-order valence-electron chi connectivity index (χ3n) is 4.98. The van der Waals surface area contributed by atoms with Crippen LogP contribution in [0.25, 0.3) is 0 Å². The molecule has 2 aliphatic heterocycles. The smallest absolute Gasteiger partial charge is 0.123 e. The van der Waals surface area contributed by atoms with Crippen molar-refractivity contribution >= 4 is 0 Å². The fourth-order valence-corrected chi connectivity index (χ4v) is 3.66. The van der Waals surface area contributed by atoms with Crippen molar-refractivity contribution in [2.24, 2.45) is 0 Å². The monoisotopic (exact) mass is 302 g/mol. The van der Waals surface area contributed by atoms with E-state index in [1.807, 2.05) is 0 Å². The number of fused-ring (bicyclic) bond motifs is 1. The second-order valence-corrected chi connectivity index (χ2v) is 7.77. The molecule has 0 bridgehead atoms. The van der Waals surface area contributed by atoms with Gasteiger partial charge in [-0.2, -0.15) is 0 Å². The molecular weight excluding hydrogens is 272 g/mol. The molecule has 0 spiro atoms. The summed E-state index contributed by atoms with van der Waals surface area (Å²) in [5.41, 5.74) is 2.70. The molecule has 1 aromatic rings. The van der Waals surface area contributed by atoms with Gasteiger partial charge >= 0.3 is 0 Å². The Balaban J connectivity index is 1.51. The highest BCUT2D eigenvalue weighted by atomic mass is 16.5. The van der Waals surface area contributed by atoms with Crippen LogP contribution in [-0.4, -0.2) is 35.7 Å². The molecule has 2 aliphatic rings. The first-order chi connectivity index (χ1) is 10.4. The first-order valence-corrected chi connectivity index (χ1v) is 8.71. The van der Waals surface area contributed by atoms with Crippen LogP contribution in [0.15, 0.2) is 18.2 Å². The van der Waals surface area contributed by atoms with Crippen molar-refractivity contribution in [1.29, 1.82) is 0 Å². The molecule has 0 atom stereocenters. The van der Waals surface area contributed by atoms with Gasteiger partial charge in [-0.05, 0) is 70.8 Å². The van der Waals surface area contributed by atoms with E-state index in [1.54, 1.807) is 0 Å². The molecular formula is C19H30N2O. The molecule has 0 aliphatic carbocycles. The lowest BCUT2D eigenvalue weighted by molar-refractivity contribution is 0.138. The van der Waals surface area contributed by atoms with Gasteiger partial charge in [0.15, 0.2) is 0 Å². The molecule has 3 nitrogen and oxygen atoms in total. The topological polar surface area (TPSA) is 24.5 Å². The molecule has 1 saturated heterocycles. The summed E-state index contributed by atoms with van der Waals surface area (Å²) < 4.78 is 5.95. The normalized spacial score (nSPS) is 21.9. The highest BCUT2D eigenvalue weighted by Gasteiger charge is 2.30. The van der Waals surface area contributed by atoms with E-state index in [9.17, 15) is 0 Å². The van der Waals surface area contributed by atoms with Crippen LogP contribution in [0.2, 0.25) is 0 Å². The number of rotatable bonds is 4. The van der Waals surface area contributed by atoms with E-state index in [0.29, 0.717) is 12.1 Å². The first kappa shape index (κ1) is 15.8. The molecule has 3 heteroatoms. The summed E-state index contributed by atoms with van der Waals surface area (Å²) in [7, 11) is 0. The molecule has 1 fully saturated rings. The van der Waals surface area contributed by atoms with Crippen molar-refractivity contribution in [3.63, 3.8) is 0 Å². The van der Waals surface area contributed by atoms with Gasteiger partial charge in [0.2, 0.25) is 0 Å². The highest BCUT2D eigenvalue weighted by Crippen LogP contribution is 2.35. The molecule has 0 saturated carbocycles. The van der Waals surface area contributed by atoms with Crippen LogP contribution in [0, 0.1) is 0 Å². The average molecular weight is 302 g/mol. The van der Waals surface area contributed by atoms with E-state index < -0.39 is 0 Å². The van der Waals surface area contributed by atoms with Crippen LogP contribution in [0.4, 0.5) is 0 Å². The van der Waals surface area contributed by atoms with Gasteiger partial charge in [-0.15, -0.1) is 0 Å². The zero-order valence-corrected chi connectivity index (χ0v) is 14.5. The molecule has 0 radical (unpaired) electrons. The molecule has 0 amide bonds. The van der Waals surface area contributed by atoms with Gasteiger partial charge in [0.25, 0.3) is 0 Å². The second kappa shape index (κ2) is 6.21. The first-order valence-electron chi connectivity index (χ1n) is 8.71. The molecule has 0 aromatic heterocycles. The number of nitrogens with one attached hydrogen (secondary N) is 1. The Bertz CT molecular complexity index is 516. The lowest BCUT2D eigenvalue weighted by Gasteiger charge is -2.35. The van der Waals surface area contributed by atoms with Crippen molar-refractivity contribution in [2.75, 3.05) is 13.1 Å². The van der Waals surface area contributed by atoms with Crippen molar-refractivity contribution in [2.45, 2.75) is 71.2 Å². The minimum absolute atomic E-state index is 0.0436. The molecule has 1 aromatic carbocycles. The van der Waals surface area contributed by atoms with Crippen molar-refractivity contribution in [1.82, 2.24) is 10.2 Å². The van der Waals surface area contributed by atoms with E-state index in [1.165, 1.54) is 37.1 Å². The van der Waals surface area contributed by atoms with E-state index in [2.05, 4.69) is 56.1 Å². The number of nitrogens with zero attached hydrogens (tertiary/aromatic N) is 1. The summed E-state index contributed by atoms with van der Waals surface area (Å²) in [6.45, 7) is 12.3. The second-order valence-electron chi connectivity index (χ2n) is 7.77. The third kappa shape index (κ3) is 3.64. The minimum atomic E-state index is -0.0436. The fourth-order valence-electron chi connectivity index (χ4n) is 3.66. The van der Waals surface area contributed by atoms with E-state index in [0.717, 1.165) is 18.7 Å². The van der Waals surface area contributed by atoms with Crippen LogP contribution in [0.1, 0.15) is 51.7 Å². The summed E-state index contributed by atoms with van der Waals surface area (Å²) in [6.07, 6.45) is 3.54. The number of likely N-dealkylation sites (tertiary alicyclic amines) is 1. The van der Waals surface area contributed by atoms with Crippen molar-refractivity contribution < 1.29 is 4.74 Å². The summed E-state index contributed by atoms with van der Waals surface area (Å²) >= 11 is 0. The Labute approximate surface area is 135 Å². The fraction of sp³-hybridized carbons (Fsp3) is 0.684. The predicted octanol–water partition coefficient (Wildman–Crippen LogP) is 3.36. The number of ether oxygens (including phenoxy) is 1. The SMILES string of the molecule is CC(C)N1CCC(NCc2ccc3c(c2)CC(C)(C)O3)CC1. The lowest BCUT2D eigenvalue weighted by Crippen LogP contribution is -2.44. The van der Waals surface area contributed by atoms with Crippen LogP contribution in [0.3, 0.4) is 0 Å². The molecule has 3 rings (SSSR count). The highest BCUT2D eigenvalue weighted by molar-refractivity contribution is 5.41. The molecule has 0 unspecified atom stereocenters. The largest absolute Gasteiger partial charge is 0.487 e. The van der Waals surface area contributed by atoms with Crippen LogP contribution < -0.4 is 10.1 Å². The maximum absolute atomic E-state index is 5.95. The Morgan fingerprint density at radius 1 is 1.27 bits per heavy atom. The Kier molecular flexibility index (Phi) is 4.47. The summed E-state index contributed by atoms with van der Waals surface area (Å²) in [6, 6.07) is 8.01. The average Bonchev–Trinajstić information content (AvgIpc) is 2.78. The van der Waals surface area contributed by atoms with Crippen molar-refractivity contribution in [3.8, 4) is 5.75 Å². The van der Waals surface area contributed by atoms with Gasteiger partial charge in [-0.3, -0.25) is 0 Å². The standard InChI is InChI=1S/C19H30N2O/c1-14(2)21-9-7-17(8-10-21)20-13-15-5-6-18-16(11-15)12-19(3,4)22-18/h5-6,11,14,17,20H,7-10,12-13H2,1-4H3. The Morgan fingerprint density at radius 3 is 2.68 bits per heavy atom. The van der Waals surface area contributed by atoms with Crippen molar-refractivity contribution in [3.05, 3.63) is 29.3 Å². The van der Waals surface area contributed by atoms with Crippen LogP contribution in [-0.2, 0) is 13.0 Å². The quantitative estimate of drug-likeness (QED) is 0.923. The van der Waals surface area contributed by atoms with E-state index >= 15 is 0 Å². The minimum Gasteiger partial charge on any atom is -0.487 e. The molecule has 22 heavy (non-hydrogen) atoms. The summed E-state index contributed by atoms with van der Waals surface area (Å²) in [4.78, 5) is 2.58. The summed E-state index contributed by atoms with van der Waals surface area (Å²) in [5, 5.41) is 3.74. The number of hydrogen-bond donors (Lipinski definition) is 1. The molecule has 2 heterocycles. The Morgan fingerprint density at radius 2 is 2.00 bits per heavy atom.